The quantitative estimate of drug-likeness (QED) is 0.246. The van der Waals surface area contributed by atoms with Gasteiger partial charge < -0.3 is 20.1 Å². The molecule has 1 saturated heterocycles. The van der Waals surface area contributed by atoms with Crippen molar-refractivity contribution in [3.63, 3.8) is 0 Å². The molecule has 200 valence electrons. The monoisotopic (exact) mass is 557 g/mol. The summed E-state index contributed by atoms with van der Waals surface area (Å²) in [6.07, 6.45) is 2.10. The fourth-order valence-electron chi connectivity index (χ4n) is 5.39. The van der Waals surface area contributed by atoms with Crippen molar-refractivity contribution in [3.8, 4) is 5.69 Å². The predicted octanol–water partition coefficient (Wildman–Crippen LogP) is 6.76. The third-order valence-electron chi connectivity index (χ3n) is 7.30. The van der Waals surface area contributed by atoms with Crippen LogP contribution in [0.4, 0.5) is 5.69 Å². The summed E-state index contributed by atoms with van der Waals surface area (Å²) in [5, 5.41) is 7.88. The number of halogens is 1. The van der Waals surface area contributed by atoms with E-state index in [2.05, 4.69) is 51.1 Å². The van der Waals surface area contributed by atoms with Crippen molar-refractivity contribution < 1.29 is 4.79 Å². The van der Waals surface area contributed by atoms with E-state index in [1.807, 2.05) is 68.4 Å². The van der Waals surface area contributed by atoms with Crippen LogP contribution in [0.1, 0.15) is 52.3 Å². The van der Waals surface area contributed by atoms with E-state index in [-0.39, 0.29) is 18.0 Å². The summed E-state index contributed by atoms with van der Waals surface area (Å²) in [7, 11) is 0. The Bertz CT molecular complexity index is 1530. The van der Waals surface area contributed by atoms with Crippen molar-refractivity contribution in [1.82, 2.24) is 19.8 Å². The highest BCUT2D eigenvalue weighted by Gasteiger charge is 2.41. The molecule has 1 fully saturated rings. The number of carbonyl (C=O) groups is 1. The van der Waals surface area contributed by atoms with Crippen molar-refractivity contribution in [1.29, 1.82) is 0 Å². The molecule has 0 unspecified atom stereocenters. The molecule has 0 saturated carbocycles. The lowest BCUT2D eigenvalue weighted by molar-refractivity contribution is -0.116. The highest BCUT2D eigenvalue weighted by molar-refractivity contribution is 7.80. The molecular formula is C31H32ClN5OS. The number of nitrogens with one attached hydrogen (secondary N) is 2. The van der Waals surface area contributed by atoms with E-state index in [4.69, 9.17) is 23.8 Å². The number of rotatable bonds is 7. The Morgan fingerprint density at radius 2 is 1.87 bits per heavy atom. The molecule has 2 aromatic carbocycles. The number of pyridine rings is 1. The van der Waals surface area contributed by atoms with Crippen molar-refractivity contribution in [2.24, 2.45) is 0 Å². The lowest BCUT2D eigenvalue weighted by Crippen LogP contribution is -2.33. The van der Waals surface area contributed by atoms with Gasteiger partial charge in [0.1, 0.15) is 0 Å². The van der Waals surface area contributed by atoms with Crippen LogP contribution in [-0.2, 0) is 4.79 Å². The van der Waals surface area contributed by atoms with E-state index >= 15 is 0 Å². The number of hydrogen-bond acceptors (Lipinski definition) is 3. The van der Waals surface area contributed by atoms with Crippen molar-refractivity contribution in [2.45, 2.75) is 46.2 Å². The van der Waals surface area contributed by atoms with Gasteiger partial charge in [-0.15, -0.1) is 0 Å². The summed E-state index contributed by atoms with van der Waals surface area (Å²) < 4.78 is 2.21. The van der Waals surface area contributed by atoms with Gasteiger partial charge in [-0.05, 0) is 99.1 Å². The zero-order valence-corrected chi connectivity index (χ0v) is 24.1. The van der Waals surface area contributed by atoms with Gasteiger partial charge in [0.05, 0.1) is 17.8 Å². The largest absolute Gasteiger partial charge is 0.352 e. The maximum Gasteiger partial charge on any atom is 0.226 e. The summed E-state index contributed by atoms with van der Waals surface area (Å²) in [5.74, 6) is -0.0454. The van der Waals surface area contributed by atoms with Crippen molar-refractivity contribution in [2.75, 3.05) is 11.9 Å². The third-order valence-corrected chi connectivity index (χ3v) is 7.89. The molecule has 2 N–H and O–H groups in total. The van der Waals surface area contributed by atoms with Gasteiger partial charge in [-0.25, -0.2) is 0 Å². The predicted molar refractivity (Wildman–Crippen MR) is 162 cm³/mol. The Kier molecular flexibility index (Phi) is 7.73. The fourth-order valence-corrected chi connectivity index (χ4v) is 5.91. The molecule has 2 aromatic heterocycles. The standard InChI is InChI=1S/C31H32ClN5OS/c1-19-11-12-20(2)27(16-19)34-28(38)13-15-36-30(29(35-31(36)39)26-10-5-6-14-33-26)25-17-21(3)37(22(25)4)24-9-7-8-23(32)18-24/h5-12,14,16-18,29-30H,13,15H2,1-4H3,(H,34,38)(H,35,39)/t29-,30+/m1/s1. The number of carbonyl (C=O) groups excluding carboxylic acids is 1. The van der Waals surface area contributed by atoms with Crippen LogP contribution < -0.4 is 10.6 Å². The van der Waals surface area contributed by atoms with E-state index in [1.54, 1.807) is 6.20 Å². The topological polar surface area (TPSA) is 62.2 Å². The second kappa shape index (κ2) is 11.2. The lowest BCUT2D eigenvalue weighted by atomic mass is 9.96. The zero-order chi connectivity index (χ0) is 27.7. The average molecular weight is 558 g/mol. The number of thiocarbonyl (C=S) groups is 1. The molecular weight excluding hydrogens is 526 g/mol. The van der Waals surface area contributed by atoms with Crippen LogP contribution in [0.2, 0.25) is 5.02 Å². The smallest absolute Gasteiger partial charge is 0.226 e. The summed E-state index contributed by atoms with van der Waals surface area (Å²) >= 11 is 12.2. The Balaban J connectivity index is 1.47. The minimum absolute atomic E-state index is 0.0454. The van der Waals surface area contributed by atoms with Gasteiger partial charge >= 0.3 is 0 Å². The maximum absolute atomic E-state index is 13.0. The summed E-state index contributed by atoms with van der Waals surface area (Å²) in [5.41, 5.74) is 8.21. The van der Waals surface area contributed by atoms with Crippen LogP contribution in [0, 0.1) is 27.7 Å². The molecule has 2 atom stereocenters. The van der Waals surface area contributed by atoms with E-state index in [0.717, 1.165) is 45.1 Å². The number of aromatic nitrogens is 2. The Labute approximate surface area is 240 Å². The van der Waals surface area contributed by atoms with Gasteiger partial charge in [-0.2, -0.15) is 0 Å². The van der Waals surface area contributed by atoms with Gasteiger partial charge in [0.25, 0.3) is 0 Å². The molecule has 8 heteroatoms. The van der Waals surface area contributed by atoms with Crippen LogP contribution in [0.3, 0.4) is 0 Å². The molecule has 0 spiro atoms. The van der Waals surface area contributed by atoms with Crippen LogP contribution in [0.15, 0.2) is 72.9 Å². The number of aryl methyl sites for hydroxylation is 3. The van der Waals surface area contributed by atoms with Crippen molar-refractivity contribution >= 4 is 40.5 Å². The minimum atomic E-state index is -0.158. The molecule has 0 aliphatic carbocycles. The highest BCUT2D eigenvalue weighted by Crippen LogP contribution is 2.41. The fraction of sp³-hybridized carbons (Fsp3) is 0.258. The molecule has 39 heavy (non-hydrogen) atoms. The number of hydrogen-bond donors (Lipinski definition) is 2. The van der Waals surface area contributed by atoms with Gasteiger partial charge in [0.15, 0.2) is 5.11 Å². The van der Waals surface area contributed by atoms with Crippen molar-refractivity contribution in [3.05, 3.63) is 112 Å². The van der Waals surface area contributed by atoms with Gasteiger partial charge in [-0.1, -0.05) is 35.9 Å². The van der Waals surface area contributed by atoms with Gasteiger partial charge in [0, 0.05) is 46.9 Å². The molecule has 0 radical (unpaired) electrons. The molecule has 5 rings (SSSR count). The SMILES string of the molecule is Cc1ccc(C)c(NC(=O)CCN2C(=S)N[C@H](c3ccccn3)[C@@H]2c2cc(C)n(-c3cccc(Cl)c3)c2C)c1. The van der Waals surface area contributed by atoms with Gasteiger partial charge in [-0.3, -0.25) is 9.78 Å². The number of anilines is 1. The number of nitrogens with zero attached hydrogens (tertiary/aromatic N) is 3. The van der Waals surface area contributed by atoms with E-state index < -0.39 is 0 Å². The molecule has 4 aromatic rings. The molecule has 0 bridgehead atoms. The van der Waals surface area contributed by atoms with Crippen LogP contribution in [0.5, 0.6) is 0 Å². The van der Waals surface area contributed by atoms with E-state index in [1.165, 1.54) is 0 Å². The minimum Gasteiger partial charge on any atom is -0.352 e. The first-order chi connectivity index (χ1) is 18.7. The van der Waals surface area contributed by atoms with E-state index in [9.17, 15) is 4.79 Å². The lowest BCUT2D eigenvalue weighted by Gasteiger charge is -2.28. The first-order valence-electron chi connectivity index (χ1n) is 13.0. The zero-order valence-electron chi connectivity index (χ0n) is 22.5. The van der Waals surface area contributed by atoms with Crippen LogP contribution >= 0.6 is 23.8 Å². The Hall–Kier alpha value is -3.68. The normalized spacial score (nSPS) is 16.8. The molecule has 3 heterocycles. The molecule has 6 nitrogen and oxygen atoms in total. The second-order valence-electron chi connectivity index (χ2n) is 10.1. The number of benzene rings is 2. The first kappa shape index (κ1) is 26.9. The Morgan fingerprint density at radius 3 is 2.62 bits per heavy atom. The maximum atomic E-state index is 13.0. The second-order valence-corrected chi connectivity index (χ2v) is 10.9. The first-order valence-corrected chi connectivity index (χ1v) is 13.8. The highest BCUT2D eigenvalue weighted by atomic mass is 35.5. The van der Waals surface area contributed by atoms with Crippen LogP contribution in [0.25, 0.3) is 5.69 Å². The third kappa shape index (κ3) is 5.56. The van der Waals surface area contributed by atoms with E-state index in [0.29, 0.717) is 23.1 Å². The molecule has 1 aliphatic heterocycles. The summed E-state index contributed by atoms with van der Waals surface area (Å²) in [6.45, 7) is 8.70. The molecule has 1 amide bonds. The van der Waals surface area contributed by atoms with Gasteiger partial charge in [0.2, 0.25) is 5.91 Å². The number of amides is 1. The van der Waals surface area contributed by atoms with Crippen LogP contribution in [-0.4, -0.2) is 32.0 Å². The Morgan fingerprint density at radius 1 is 1.05 bits per heavy atom. The summed E-state index contributed by atoms with van der Waals surface area (Å²) in [4.78, 5) is 19.8. The summed E-state index contributed by atoms with van der Waals surface area (Å²) in [6, 6.07) is 21.7. The molecule has 1 aliphatic rings. The average Bonchev–Trinajstić information content (AvgIpc) is 3.39.